The molecule has 1 fully saturated rings. The van der Waals surface area contributed by atoms with Gasteiger partial charge in [0, 0.05) is 31.5 Å². The van der Waals surface area contributed by atoms with Crippen molar-refractivity contribution in [1.82, 2.24) is 19.7 Å². The molecule has 156 valence electrons. The maximum absolute atomic E-state index is 12.3. The van der Waals surface area contributed by atoms with Crippen LogP contribution >= 0.6 is 0 Å². The number of carbonyl (C=O) groups is 1. The number of ether oxygens (including phenoxy) is 1. The van der Waals surface area contributed by atoms with Crippen molar-refractivity contribution in [2.45, 2.75) is 64.5 Å². The van der Waals surface area contributed by atoms with Crippen LogP contribution in [0.1, 0.15) is 56.5 Å². The number of nitrogens with zero attached hydrogens (tertiary/aromatic N) is 4. The zero-order valence-corrected chi connectivity index (χ0v) is 17.6. The van der Waals surface area contributed by atoms with Crippen molar-refractivity contribution >= 4 is 11.9 Å². The minimum absolute atomic E-state index is 0.210. The van der Waals surface area contributed by atoms with E-state index < -0.39 is 5.60 Å². The summed E-state index contributed by atoms with van der Waals surface area (Å²) in [6.07, 6.45) is 8.82. The van der Waals surface area contributed by atoms with Gasteiger partial charge in [0.1, 0.15) is 11.4 Å². The summed E-state index contributed by atoms with van der Waals surface area (Å²) in [7, 11) is 0. The molecule has 4 heterocycles. The summed E-state index contributed by atoms with van der Waals surface area (Å²) in [5.41, 5.74) is 3.17. The third-order valence-electron chi connectivity index (χ3n) is 5.47. The fourth-order valence-corrected chi connectivity index (χ4v) is 3.94. The lowest BCUT2D eigenvalue weighted by atomic mass is 10.1. The summed E-state index contributed by atoms with van der Waals surface area (Å²) in [5.74, 6) is 1.05. The number of aryl methyl sites for hydroxylation is 3. The maximum atomic E-state index is 12.3. The van der Waals surface area contributed by atoms with Gasteiger partial charge in [-0.3, -0.25) is 4.68 Å². The molecule has 0 radical (unpaired) electrons. The Bertz CT molecular complexity index is 870. The van der Waals surface area contributed by atoms with Gasteiger partial charge in [-0.05, 0) is 70.1 Å². The summed E-state index contributed by atoms with van der Waals surface area (Å²) in [6.45, 7) is 8.05. The highest BCUT2D eigenvalue weighted by Crippen LogP contribution is 2.24. The second kappa shape index (κ2) is 8.05. The molecule has 1 amide bonds. The smallest absolute Gasteiger partial charge is 0.410 e. The van der Waals surface area contributed by atoms with Gasteiger partial charge in [-0.2, -0.15) is 5.10 Å². The summed E-state index contributed by atoms with van der Waals surface area (Å²) in [5, 5.41) is 7.95. The minimum atomic E-state index is -0.464. The zero-order chi connectivity index (χ0) is 20.4. The number of carbonyl (C=O) groups excluding carboxylic acids is 1. The van der Waals surface area contributed by atoms with Gasteiger partial charge in [-0.25, -0.2) is 9.78 Å². The molecule has 0 aliphatic carbocycles. The lowest BCUT2D eigenvalue weighted by Crippen LogP contribution is -2.35. The molecule has 0 bridgehead atoms. The lowest BCUT2D eigenvalue weighted by Gasteiger charge is -2.24. The number of likely N-dealkylation sites (tertiary alicyclic amines) is 1. The van der Waals surface area contributed by atoms with Crippen molar-refractivity contribution in [3.63, 3.8) is 0 Å². The van der Waals surface area contributed by atoms with E-state index in [1.807, 2.05) is 31.6 Å². The molecule has 7 nitrogen and oxygen atoms in total. The fraction of sp³-hybridized carbons (Fsp3) is 0.591. The highest BCUT2D eigenvalue weighted by molar-refractivity contribution is 5.68. The molecule has 7 heteroatoms. The van der Waals surface area contributed by atoms with Crippen LogP contribution in [0.2, 0.25) is 0 Å². The fourth-order valence-electron chi connectivity index (χ4n) is 3.94. The summed E-state index contributed by atoms with van der Waals surface area (Å²) in [4.78, 5) is 18.8. The molecule has 2 aliphatic heterocycles. The molecule has 0 spiro atoms. The Morgan fingerprint density at radius 3 is 3.00 bits per heavy atom. The molecular weight excluding hydrogens is 366 g/mol. The van der Waals surface area contributed by atoms with Crippen molar-refractivity contribution in [3.8, 4) is 0 Å². The number of pyridine rings is 1. The number of fused-ring (bicyclic) bond motifs is 1. The van der Waals surface area contributed by atoms with Gasteiger partial charge in [-0.1, -0.05) is 6.07 Å². The van der Waals surface area contributed by atoms with Gasteiger partial charge < -0.3 is 15.0 Å². The van der Waals surface area contributed by atoms with Crippen LogP contribution in [0.25, 0.3) is 0 Å². The van der Waals surface area contributed by atoms with Crippen molar-refractivity contribution in [1.29, 1.82) is 0 Å². The van der Waals surface area contributed by atoms with Crippen LogP contribution in [0.4, 0.5) is 10.6 Å². The second-order valence-electron chi connectivity index (χ2n) is 9.04. The molecule has 1 atom stereocenters. The van der Waals surface area contributed by atoms with Gasteiger partial charge in [-0.15, -0.1) is 0 Å². The van der Waals surface area contributed by atoms with Crippen LogP contribution in [0.3, 0.4) is 0 Å². The number of rotatable bonds is 4. The van der Waals surface area contributed by atoms with Gasteiger partial charge >= 0.3 is 6.09 Å². The zero-order valence-electron chi connectivity index (χ0n) is 17.6. The Kier molecular flexibility index (Phi) is 5.48. The van der Waals surface area contributed by atoms with E-state index in [9.17, 15) is 4.79 Å². The Hall–Kier alpha value is -2.57. The largest absolute Gasteiger partial charge is 0.444 e. The summed E-state index contributed by atoms with van der Waals surface area (Å²) >= 11 is 0. The van der Waals surface area contributed by atoms with E-state index in [4.69, 9.17) is 9.72 Å². The van der Waals surface area contributed by atoms with E-state index in [0.29, 0.717) is 13.1 Å². The summed E-state index contributed by atoms with van der Waals surface area (Å²) in [6, 6.07) is 4.56. The van der Waals surface area contributed by atoms with Crippen molar-refractivity contribution in [2.75, 3.05) is 25.0 Å². The lowest BCUT2D eigenvalue weighted by molar-refractivity contribution is 0.0288. The van der Waals surface area contributed by atoms with Crippen LogP contribution in [0, 0.1) is 0 Å². The first kappa shape index (κ1) is 19.7. The van der Waals surface area contributed by atoms with Crippen LogP contribution in [-0.2, 0) is 24.0 Å². The van der Waals surface area contributed by atoms with E-state index in [2.05, 4.69) is 28.7 Å². The minimum Gasteiger partial charge on any atom is -0.444 e. The van der Waals surface area contributed by atoms with E-state index >= 15 is 0 Å². The Balaban J connectivity index is 1.31. The van der Waals surface area contributed by atoms with Crippen LogP contribution < -0.4 is 5.32 Å². The van der Waals surface area contributed by atoms with Crippen molar-refractivity contribution in [3.05, 3.63) is 41.3 Å². The number of nitrogens with one attached hydrogen (secondary N) is 1. The quantitative estimate of drug-likeness (QED) is 0.853. The van der Waals surface area contributed by atoms with E-state index in [-0.39, 0.29) is 12.1 Å². The Labute approximate surface area is 172 Å². The molecule has 2 aromatic rings. The maximum Gasteiger partial charge on any atom is 0.410 e. The second-order valence-corrected chi connectivity index (χ2v) is 9.04. The summed E-state index contributed by atoms with van der Waals surface area (Å²) < 4.78 is 7.48. The Morgan fingerprint density at radius 2 is 2.17 bits per heavy atom. The molecule has 2 aromatic heterocycles. The molecule has 2 aliphatic rings. The first-order valence-corrected chi connectivity index (χ1v) is 10.6. The van der Waals surface area contributed by atoms with Crippen molar-refractivity contribution in [2.24, 2.45) is 0 Å². The van der Waals surface area contributed by atoms with E-state index in [0.717, 1.165) is 43.7 Å². The molecule has 1 unspecified atom stereocenters. The topological polar surface area (TPSA) is 72.3 Å². The SMILES string of the molecule is CC(C)(C)OC(=O)N1CCC(n2cc(CCc3ccc4c(n3)NCCC4)cn2)C1. The molecule has 1 N–H and O–H groups in total. The van der Waals surface area contributed by atoms with Crippen LogP contribution in [0.15, 0.2) is 24.5 Å². The predicted molar refractivity (Wildman–Crippen MR) is 112 cm³/mol. The van der Waals surface area contributed by atoms with E-state index in [1.165, 1.54) is 17.5 Å². The molecular formula is C22H31N5O2. The van der Waals surface area contributed by atoms with Crippen molar-refractivity contribution < 1.29 is 9.53 Å². The first-order valence-electron chi connectivity index (χ1n) is 10.6. The number of hydrogen-bond donors (Lipinski definition) is 1. The average Bonchev–Trinajstić information content (AvgIpc) is 3.34. The molecule has 0 aromatic carbocycles. The van der Waals surface area contributed by atoms with Crippen LogP contribution in [0.5, 0.6) is 0 Å². The molecule has 1 saturated heterocycles. The Morgan fingerprint density at radius 1 is 1.31 bits per heavy atom. The van der Waals surface area contributed by atoms with Gasteiger partial charge in [0.25, 0.3) is 0 Å². The molecule has 0 saturated carbocycles. The highest BCUT2D eigenvalue weighted by atomic mass is 16.6. The van der Waals surface area contributed by atoms with Gasteiger partial charge in [0.2, 0.25) is 0 Å². The van der Waals surface area contributed by atoms with Gasteiger partial charge in [0.05, 0.1) is 12.2 Å². The molecule has 4 rings (SSSR count). The molecule has 29 heavy (non-hydrogen) atoms. The number of hydrogen-bond acceptors (Lipinski definition) is 5. The standard InChI is InChI=1S/C22H31N5O2/c1-22(2,3)29-21(28)26-12-10-19(15-26)27-14-16(13-24-27)6-8-18-9-7-17-5-4-11-23-20(17)25-18/h7,9,13-14,19H,4-6,8,10-12,15H2,1-3H3,(H,23,25). The monoisotopic (exact) mass is 397 g/mol. The highest BCUT2D eigenvalue weighted by Gasteiger charge is 2.31. The third kappa shape index (κ3) is 4.89. The third-order valence-corrected chi connectivity index (χ3v) is 5.47. The predicted octanol–water partition coefficient (Wildman–Crippen LogP) is 3.60. The van der Waals surface area contributed by atoms with Gasteiger partial charge in [0.15, 0.2) is 0 Å². The number of aromatic nitrogens is 3. The van der Waals surface area contributed by atoms with Crippen LogP contribution in [-0.4, -0.2) is 51.0 Å². The number of amides is 1. The average molecular weight is 398 g/mol. The van der Waals surface area contributed by atoms with E-state index in [1.54, 1.807) is 4.90 Å². The normalized spacial score (nSPS) is 19.0. The number of anilines is 1. The first-order chi connectivity index (χ1) is 13.9.